The summed E-state index contributed by atoms with van der Waals surface area (Å²) < 4.78 is 0. The second-order valence-corrected chi connectivity index (χ2v) is 5.93. The molecule has 0 atom stereocenters. The quantitative estimate of drug-likeness (QED) is 0.827. The smallest absolute Gasteiger partial charge is 0.255 e. The molecular weight excluding hydrogens is 304 g/mol. The summed E-state index contributed by atoms with van der Waals surface area (Å²) in [5.74, 6) is -0.0777. The number of carbonyl (C=O) groups is 3. The van der Waals surface area contributed by atoms with Crippen molar-refractivity contribution in [3.8, 4) is 0 Å². The molecule has 0 aliphatic heterocycles. The summed E-state index contributed by atoms with van der Waals surface area (Å²) in [5, 5.41) is 5.61. The van der Waals surface area contributed by atoms with Gasteiger partial charge in [-0.15, -0.1) is 0 Å². The fraction of sp³-hybridized carbons (Fsp3) is 0.211. The molecule has 2 amide bonds. The van der Waals surface area contributed by atoms with Crippen LogP contribution in [-0.2, 0) is 4.79 Å². The van der Waals surface area contributed by atoms with Crippen molar-refractivity contribution >= 4 is 29.0 Å². The molecule has 0 radical (unpaired) electrons. The van der Waals surface area contributed by atoms with Gasteiger partial charge < -0.3 is 10.6 Å². The number of ketones is 1. The van der Waals surface area contributed by atoms with Crippen molar-refractivity contribution < 1.29 is 14.4 Å². The summed E-state index contributed by atoms with van der Waals surface area (Å²) in [6.45, 7) is 1.50. The molecule has 2 aromatic carbocycles. The Kier molecular flexibility index (Phi) is 4.42. The van der Waals surface area contributed by atoms with Crippen LogP contribution >= 0.6 is 0 Å². The molecule has 2 N–H and O–H groups in total. The van der Waals surface area contributed by atoms with E-state index in [0.29, 0.717) is 22.5 Å². The molecule has 0 spiro atoms. The lowest BCUT2D eigenvalue weighted by molar-refractivity contribution is -0.117. The van der Waals surface area contributed by atoms with Crippen LogP contribution in [0.2, 0.25) is 0 Å². The van der Waals surface area contributed by atoms with Crippen LogP contribution in [0.3, 0.4) is 0 Å². The summed E-state index contributed by atoms with van der Waals surface area (Å²) in [7, 11) is 0. The van der Waals surface area contributed by atoms with Crippen LogP contribution in [0.4, 0.5) is 11.4 Å². The second kappa shape index (κ2) is 6.66. The van der Waals surface area contributed by atoms with E-state index in [4.69, 9.17) is 0 Å². The molecule has 1 saturated carbocycles. The van der Waals surface area contributed by atoms with Gasteiger partial charge in [0, 0.05) is 28.4 Å². The first kappa shape index (κ1) is 15.9. The molecule has 2 aromatic rings. The third-order valence-electron chi connectivity index (χ3n) is 3.91. The van der Waals surface area contributed by atoms with Crippen LogP contribution < -0.4 is 10.6 Å². The van der Waals surface area contributed by atoms with Gasteiger partial charge >= 0.3 is 0 Å². The Bertz CT molecular complexity index is 775. The minimum Gasteiger partial charge on any atom is -0.326 e. The molecule has 0 aromatic heterocycles. The molecule has 1 aliphatic rings. The topological polar surface area (TPSA) is 75.3 Å². The van der Waals surface area contributed by atoms with Gasteiger partial charge in [0.25, 0.3) is 5.91 Å². The molecule has 122 valence electrons. The molecule has 24 heavy (non-hydrogen) atoms. The Morgan fingerprint density at radius 3 is 1.79 bits per heavy atom. The number of nitrogens with one attached hydrogen (secondary N) is 2. The van der Waals surface area contributed by atoms with Crippen molar-refractivity contribution in [1.29, 1.82) is 0 Å². The second-order valence-electron chi connectivity index (χ2n) is 5.93. The Hall–Kier alpha value is -2.95. The van der Waals surface area contributed by atoms with Crippen LogP contribution in [0.1, 0.15) is 40.5 Å². The minimum atomic E-state index is -0.245. The van der Waals surface area contributed by atoms with E-state index in [1.54, 1.807) is 48.5 Å². The van der Waals surface area contributed by atoms with E-state index < -0.39 is 0 Å². The molecule has 5 nitrogen and oxygen atoms in total. The van der Waals surface area contributed by atoms with Crippen LogP contribution in [0.5, 0.6) is 0 Å². The van der Waals surface area contributed by atoms with Gasteiger partial charge in [-0.1, -0.05) is 0 Å². The number of hydrogen-bond donors (Lipinski definition) is 2. The molecule has 1 fully saturated rings. The Labute approximate surface area is 140 Å². The van der Waals surface area contributed by atoms with Gasteiger partial charge in [-0.25, -0.2) is 0 Å². The minimum absolute atomic E-state index is 0.0169. The van der Waals surface area contributed by atoms with E-state index >= 15 is 0 Å². The zero-order valence-corrected chi connectivity index (χ0v) is 13.3. The summed E-state index contributed by atoms with van der Waals surface area (Å²) >= 11 is 0. The Morgan fingerprint density at radius 2 is 1.29 bits per heavy atom. The third-order valence-corrected chi connectivity index (χ3v) is 3.91. The summed E-state index contributed by atoms with van der Waals surface area (Å²) in [6, 6.07) is 13.5. The summed E-state index contributed by atoms with van der Waals surface area (Å²) in [5.41, 5.74) is 2.41. The van der Waals surface area contributed by atoms with Gasteiger partial charge in [-0.2, -0.15) is 0 Å². The molecule has 0 unspecified atom stereocenters. The third kappa shape index (κ3) is 3.87. The molecule has 0 heterocycles. The molecule has 3 rings (SSSR count). The highest BCUT2D eigenvalue weighted by atomic mass is 16.2. The van der Waals surface area contributed by atoms with E-state index in [2.05, 4.69) is 10.6 Å². The largest absolute Gasteiger partial charge is 0.326 e. The van der Waals surface area contributed by atoms with Crippen molar-refractivity contribution in [1.82, 2.24) is 0 Å². The van der Waals surface area contributed by atoms with Gasteiger partial charge in [0.15, 0.2) is 5.78 Å². The predicted molar refractivity (Wildman–Crippen MR) is 92.2 cm³/mol. The molecule has 0 bridgehead atoms. The van der Waals surface area contributed by atoms with E-state index in [9.17, 15) is 14.4 Å². The van der Waals surface area contributed by atoms with E-state index in [0.717, 1.165) is 12.8 Å². The highest BCUT2D eigenvalue weighted by Crippen LogP contribution is 2.30. The number of hydrogen-bond acceptors (Lipinski definition) is 3. The van der Waals surface area contributed by atoms with Crippen LogP contribution in [0.25, 0.3) is 0 Å². The zero-order valence-electron chi connectivity index (χ0n) is 13.3. The first-order chi connectivity index (χ1) is 11.5. The van der Waals surface area contributed by atoms with Crippen molar-refractivity contribution in [2.24, 2.45) is 5.92 Å². The maximum atomic E-state index is 12.2. The van der Waals surface area contributed by atoms with Gasteiger partial charge in [0.2, 0.25) is 5.91 Å². The fourth-order valence-corrected chi connectivity index (χ4v) is 2.29. The number of anilines is 2. The van der Waals surface area contributed by atoms with Crippen molar-refractivity contribution in [2.45, 2.75) is 19.8 Å². The molecule has 0 saturated heterocycles. The standard InChI is InChI=1S/C19H18N2O3/c1-12(22)13-4-8-16(9-5-13)20-19(24)15-6-10-17(11-7-15)21-18(23)14-2-3-14/h4-11,14H,2-3H2,1H3,(H,20,24)(H,21,23). The molecule has 5 heteroatoms. The Morgan fingerprint density at radius 1 is 0.792 bits per heavy atom. The average molecular weight is 322 g/mol. The van der Waals surface area contributed by atoms with Gasteiger partial charge in [-0.3, -0.25) is 14.4 Å². The first-order valence-electron chi connectivity index (χ1n) is 7.86. The number of amides is 2. The number of rotatable bonds is 5. The number of Topliss-reactive ketones (excluding diaryl/α,β-unsaturated/α-hetero) is 1. The molecule has 1 aliphatic carbocycles. The summed E-state index contributed by atoms with van der Waals surface area (Å²) in [4.78, 5) is 35.2. The van der Waals surface area contributed by atoms with Crippen molar-refractivity contribution in [3.63, 3.8) is 0 Å². The SMILES string of the molecule is CC(=O)c1ccc(NC(=O)c2ccc(NC(=O)C3CC3)cc2)cc1. The van der Waals surface area contributed by atoms with Crippen molar-refractivity contribution in [3.05, 3.63) is 59.7 Å². The maximum absolute atomic E-state index is 12.2. The van der Waals surface area contributed by atoms with E-state index in [-0.39, 0.29) is 23.5 Å². The van der Waals surface area contributed by atoms with Crippen LogP contribution in [0, 0.1) is 5.92 Å². The van der Waals surface area contributed by atoms with Gasteiger partial charge in [0.1, 0.15) is 0 Å². The Balaban J connectivity index is 1.61. The lowest BCUT2D eigenvalue weighted by Crippen LogP contribution is -2.14. The lowest BCUT2D eigenvalue weighted by Gasteiger charge is -2.08. The molecular formula is C19H18N2O3. The highest BCUT2D eigenvalue weighted by molar-refractivity contribution is 6.05. The average Bonchev–Trinajstić information content (AvgIpc) is 3.41. The highest BCUT2D eigenvalue weighted by Gasteiger charge is 2.29. The van der Waals surface area contributed by atoms with Gasteiger partial charge in [0.05, 0.1) is 0 Å². The first-order valence-corrected chi connectivity index (χ1v) is 7.86. The van der Waals surface area contributed by atoms with Gasteiger partial charge in [-0.05, 0) is 68.3 Å². The lowest BCUT2D eigenvalue weighted by atomic mass is 10.1. The van der Waals surface area contributed by atoms with Crippen molar-refractivity contribution in [2.75, 3.05) is 10.6 Å². The zero-order chi connectivity index (χ0) is 17.1. The maximum Gasteiger partial charge on any atom is 0.255 e. The number of carbonyl (C=O) groups excluding carboxylic acids is 3. The number of benzene rings is 2. The van der Waals surface area contributed by atoms with E-state index in [1.807, 2.05) is 0 Å². The normalized spacial score (nSPS) is 13.2. The predicted octanol–water partition coefficient (Wildman–Crippen LogP) is 3.49. The van der Waals surface area contributed by atoms with E-state index in [1.165, 1.54) is 6.92 Å². The fourth-order valence-electron chi connectivity index (χ4n) is 2.29. The monoisotopic (exact) mass is 322 g/mol. The van der Waals surface area contributed by atoms with Crippen LogP contribution in [0.15, 0.2) is 48.5 Å². The van der Waals surface area contributed by atoms with Crippen LogP contribution in [-0.4, -0.2) is 17.6 Å². The summed E-state index contributed by atoms with van der Waals surface area (Å²) in [6.07, 6.45) is 1.91.